The third-order valence-electron chi connectivity index (χ3n) is 6.34. The van der Waals surface area contributed by atoms with E-state index in [1.54, 1.807) is 43.8 Å². The van der Waals surface area contributed by atoms with Gasteiger partial charge in [-0.2, -0.15) is 10.4 Å². The van der Waals surface area contributed by atoms with Crippen molar-refractivity contribution in [2.45, 2.75) is 31.6 Å². The van der Waals surface area contributed by atoms with Gasteiger partial charge in [-0.15, -0.1) is 0 Å². The molecule has 3 aromatic heterocycles. The molecule has 0 radical (unpaired) electrons. The maximum absolute atomic E-state index is 14.1. The number of benzene rings is 1. The minimum absolute atomic E-state index is 0.0699. The van der Waals surface area contributed by atoms with Crippen molar-refractivity contribution >= 4 is 0 Å². The van der Waals surface area contributed by atoms with E-state index in [0.717, 1.165) is 27.9 Å². The SMILES string of the molecule is Cn1cc(-c2cnn(-c3cccc(F)c3C#N)c2)c(-c2ccc(C3CCCC3)nc2)cc1=O. The summed E-state index contributed by atoms with van der Waals surface area (Å²) in [5.41, 5.74) is 4.41. The molecule has 1 aromatic carbocycles. The standard InChI is InChI=1S/C26H22FN5O/c1-31-16-22(19-14-30-32(15-19)25-8-4-7-23(27)21(25)12-28)20(11-26(31)33)18-9-10-24(29-13-18)17-5-2-3-6-17/h4,7-11,13-17H,2-3,5-6H2,1H3. The third-order valence-corrected chi connectivity index (χ3v) is 6.34. The molecule has 0 bridgehead atoms. The highest BCUT2D eigenvalue weighted by atomic mass is 19.1. The van der Waals surface area contributed by atoms with E-state index in [1.165, 1.54) is 41.0 Å². The molecule has 0 amide bonds. The van der Waals surface area contributed by atoms with Crippen molar-refractivity contribution in [3.63, 3.8) is 0 Å². The summed E-state index contributed by atoms with van der Waals surface area (Å²) in [5.74, 6) is -0.0794. The lowest BCUT2D eigenvalue weighted by Crippen LogP contribution is -2.15. The van der Waals surface area contributed by atoms with Gasteiger partial charge in [0.25, 0.3) is 5.56 Å². The molecule has 3 heterocycles. The maximum atomic E-state index is 14.1. The molecule has 0 unspecified atom stereocenters. The van der Waals surface area contributed by atoms with Crippen LogP contribution >= 0.6 is 0 Å². The minimum atomic E-state index is -0.594. The number of rotatable bonds is 4. The Morgan fingerprint density at radius 3 is 2.61 bits per heavy atom. The minimum Gasteiger partial charge on any atom is -0.318 e. The lowest BCUT2D eigenvalue weighted by atomic mass is 9.97. The normalized spacial score (nSPS) is 13.8. The Morgan fingerprint density at radius 2 is 1.88 bits per heavy atom. The Bertz CT molecular complexity index is 1420. The maximum Gasteiger partial charge on any atom is 0.250 e. The zero-order valence-corrected chi connectivity index (χ0v) is 18.2. The summed E-state index contributed by atoms with van der Waals surface area (Å²) in [6.07, 6.45) is 11.8. The van der Waals surface area contributed by atoms with Crippen LogP contribution in [0.1, 0.15) is 42.9 Å². The second kappa shape index (κ2) is 8.47. The Balaban J connectivity index is 1.58. The van der Waals surface area contributed by atoms with Crippen molar-refractivity contribution in [1.82, 2.24) is 19.3 Å². The van der Waals surface area contributed by atoms with E-state index in [9.17, 15) is 14.4 Å². The number of hydrogen-bond acceptors (Lipinski definition) is 4. The van der Waals surface area contributed by atoms with Gasteiger partial charge in [0.05, 0.1) is 11.9 Å². The highest BCUT2D eigenvalue weighted by Gasteiger charge is 2.19. The second-order valence-corrected chi connectivity index (χ2v) is 8.42. The van der Waals surface area contributed by atoms with E-state index in [4.69, 9.17) is 4.98 Å². The van der Waals surface area contributed by atoms with Crippen LogP contribution in [0, 0.1) is 17.1 Å². The predicted octanol–water partition coefficient (Wildman–Crippen LogP) is 4.97. The average molecular weight is 439 g/mol. The van der Waals surface area contributed by atoms with Gasteiger partial charge in [0.2, 0.25) is 0 Å². The van der Waals surface area contributed by atoms with Crippen LogP contribution < -0.4 is 5.56 Å². The number of halogens is 1. The monoisotopic (exact) mass is 439 g/mol. The van der Waals surface area contributed by atoms with E-state index < -0.39 is 5.82 Å². The summed E-state index contributed by atoms with van der Waals surface area (Å²) < 4.78 is 17.1. The molecule has 6 nitrogen and oxygen atoms in total. The van der Waals surface area contributed by atoms with Crippen LogP contribution in [0.4, 0.5) is 4.39 Å². The number of pyridine rings is 2. The number of aromatic nitrogens is 4. The molecular weight excluding hydrogens is 417 g/mol. The fraction of sp³-hybridized carbons (Fsp3) is 0.231. The number of nitriles is 1. The fourth-order valence-corrected chi connectivity index (χ4v) is 4.53. The molecule has 4 aromatic rings. The van der Waals surface area contributed by atoms with Crippen molar-refractivity contribution in [1.29, 1.82) is 5.26 Å². The van der Waals surface area contributed by atoms with E-state index in [-0.39, 0.29) is 11.1 Å². The molecule has 164 valence electrons. The lowest BCUT2D eigenvalue weighted by molar-refractivity contribution is 0.621. The van der Waals surface area contributed by atoms with Gasteiger partial charge in [-0.05, 0) is 36.6 Å². The first-order chi connectivity index (χ1) is 16.0. The van der Waals surface area contributed by atoms with Crippen LogP contribution in [0.2, 0.25) is 0 Å². The van der Waals surface area contributed by atoms with Crippen LogP contribution in [0.25, 0.3) is 27.9 Å². The summed E-state index contributed by atoms with van der Waals surface area (Å²) >= 11 is 0. The molecule has 0 spiro atoms. The molecule has 0 atom stereocenters. The Hall–Kier alpha value is -4.05. The predicted molar refractivity (Wildman–Crippen MR) is 123 cm³/mol. The van der Waals surface area contributed by atoms with E-state index in [2.05, 4.69) is 11.2 Å². The largest absolute Gasteiger partial charge is 0.318 e. The first-order valence-electron chi connectivity index (χ1n) is 11.0. The molecule has 33 heavy (non-hydrogen) atoms. The van der Waals surface area contributed by atoms with Gasteiger partial charge in [-0.1, -0.05) is 25.0 Å². The van der Waals surface area contributed by atoms with Gasteiger partial charge >= 0.3 is 0 Å². The summed E-state index contributed by atoms with van der Waals surface area (Å²) in [5, 5.41) is 13.7. The van der Waals surface area contributed by atoms with Crippen LogP contribution in [-0.4, -0.2) is 19.3 Å². The average Bonchev–Trinajstić information content (AvgIpc) is 3.53. The molecular formula is C26H22FN5O. The van der Waals surface area contributed by atoms with Gasteiger partial charge in [0.15, 0.2) is 0 Å². The van der Waals surface area contributed by atoms with E-state index >= 15 is 0 Å². The highest BCUT2D eigenvalue weighted by molar-refractivity contribution is 5.82. The first-order valence-corrected chi connectivity index (χ1v) is 11.0. The number of hydrogen-bond donors (Lipinski definition) is 0. The number of aryl methyl sites for hydroxylation is 1. The van der Waals surface area contributed by atoms with Crippen molar-refractivity contribution < 1.29 is 4.39 Å². The van der Waals surface area contributed by atoms with Crippen molar-refractivity contribution in [3.05, 3.63) is 88.6 Å². The Kier molecular flexibility index (Phi) is 5.35. The molecule has 0 saturated heterocycles. The van der Waals surface area contributed by atoms with Gasteiger partial charge in [-0.3, -0.25) is 9.78 Å². The van der Waals surface area contributed by atoms with Gasteiger partial charge in [0, 0.05) is 60.0 Å². The molecule has 1 aliphatic carbocycles. The van der Waals surface area contributed by atoms with Crippen molar-refractivity contribution in [3.8, 4) is 34.0 Å². The molecule has 0 aliphatic heterocycles. The van der Waals surface area contributed by atoms with Gasteiger partial charge < -0.3 is 4.57 Å². The zero-order chi connectivity index (χ0) is 22.9. The zero-order valence-electron chi connectivity index (χ0n) is 18.2. The molecule has 1 fully saturated rings. The molecule has 7 heteroatoms. The first kappa shape index (κ1) is 20.8. The number of nitrogens with zero attached hydrogens (tertiary/aromatic N) is 5. The quantitative estimate of drug-likeness (QED) is 0.450. The summed E-state index contributed by atoms with van der Waals surface area (Å²) in [7, 11) is 1.70. The highest BCUT2D eigenvalue weighted by Crippen LogP contribution is 2.35. The Morgan fingerprint density at radius 1 is 1.06 bits per heavy atom. The summed E-state index contributed by atoms with van der Waals surface area (Å²) in [6.45, 7) is 0. The lowest BCUT2D eigenvalue weighted by Gasteiger charge is -2.12. The van der Waals surface area contributed by atoms with Gasteiger partial charge in [-0.25, -0.2) is 9.07 Å². The second-order valence-electron chi connectivity index (χ2n) is 8.42. The molecule has 1 aliphatic rings. The van der Waals surface area contributed by atoms with Gasteiger partial charge in [0.1, 0.15) is 17.4 Å². The van der Waals surface area contributed by atoms with Crippen LogP contribution in [0.15, 0.2) is 66.0 Å². The molecule has 1 saturated carbocycles. The van der Waals surface area contributed by atoms with Crippen LogP contribution in [0.3, 0.4) is 0 Å². The van der Waals surface area contributed by atoms with Crippen molar-refractivity contribution in [2.24, 2.45) is 7.05 Å². The van der Waals surface area contributed by atoms with Crippen LogP contribution in [-0.2, 0) is 7.05 Å². The van der Waals surface area contributed by atoms with E-state index in [0.29, 0.717) is 11.6 Å². The smallest absolute Gasteiger partial charge is 0.250 e. The fourth-order valence-electron chi connectivity index (χ4n) is 4.53. The molecule has 0 N–H and O–H groups in total. The Labute approximate surface area is 190 Å². The summed E-state index contributed by atoms with van der Waals surface area (Å²) in [4.78, 5) is 17.2. The summed E-state index contributed by atoms with van der Waals surface area (Å²) in [6, 6.07) is 12.0. The third kappa shape index (κ3) is 3.85. The molecule has 5 rings (SSSR count). The topological polar surface area (TPSA) is 76.5 Å². The van der Waals surface area contributed by atoms with Crippen LogP contribution in [0.5, 0.6) is 0 Å². The van der Waals surface area contributed by atoms with Crippen molar-refractivity contribution in [2.75, 3.05) is 0 Å². The van der Waals surface area contributed by atoms with E-state index in [1.807, 2.05) is 18.3 Å².